The Morgan fingerprint density at radius 2 is 1.14 bits per heavy atom. The molecule has 0 unspecified atom stereocenters. The van der Waals surface area contributed by atoms with Crippen LogP contribution in [0.3, 0.4) is 0 Å². The van der Waals surface area contributed by atoms with Crippen molar-refractivity contribution in [2.24, 2.45) is 10.2 Å². The van der Waals surface area contributed by atoms with Crippen LogP contribution in [0.15, 0.2) is 58.7 Å². The largest absolute Gasteiger partial charge is 0.272 e. The Hall–Kier alpha value is -3.07. The lowest BCUT2D eigenvalue weighted by atomic mass is 10.2. The highest BCUT2D eigenvalue weighted by Gasteiger charge is 2.21. The van der Waals surface area contributed by atoms with Crippen LogP contribution >= 0.6 is 11.8 Å². The molecule has 0 aliphatic heterocycles. The molecule has 152 valence electrons. The van der Waals surface area contributed by atoms with Crippen LogP contribution in [0.1, 0.15) is 25.0 Å². The van der Waals surface area contributed by atoms with Crippen LogP contribution in [-0.4, -0.2) is 34.7 Å². The van der Waals surface area contributed by atoms with E-state index in [-0.39, 0.29) is 23.4 Å². The quantitative estimate of drug-likeness (QED) is 0.511. The molecule has 6 nitrogen and oxygen atoms in total. The Morgan fingerprint density at radius 1 is 0.793 bits per heavy atom. The fourth-order valence-corrected chi connectivity index (χ4v) is 3.02. The minimum atomic E-state index is -0.540. The van der Waals surface area contributed by atoms with Crippen LogP contribution in [0.4, 0.5) is 8.78 Å². The first-order chi connectivity index (χ1) is 13.8. The van der Waals surface area contributed by atoms with Gasteiger partial charge in [0.25, 0.3) is 11.8 Å². The van der Waals surface area contributed by atoms with Crippen molar-refractivity contribution in [1.82, 2.24) is 10.9 Å². The molecule has 0 aliphatic rings. The summed E-state index contributed by atoms with van der Waals surface area (Å²) in [7, 11) is 0. The van der Waals surface area contributed by atoms with Gasteiger partial charge in [0.05, 0.1) is 22.9 Å². The molecule has 0 bridgehead atoms. The molecule has 0 aliphatic carbocycles. The lowest BCUT2D eigenvalue weighted by Crippen LogP contribution is -2.33. The minimum absolute atomic E-state index is 0.356. The highest BCUT2D eigenvalue weighted by Crippen LogP contribution is 2.17. The van der Waals surface area contributed by atoms with Crippen molar-refractivity contribution >= 4 is 36.0 Å². The third-order valence-electron chi connectivity index (χ3n) is 3.66. The first-order valence-corrected chi connectivity index (χ1v) is 9.62. The van der Waals surface area contributed by atoms with Crippen LogP contribution in [0.2, 0.25) is 0 Å². The minimum Gasteiger partial charge on any atom is -0.272 e. The number of hydrazone groups is 2. The normalized spacial score (nSPS) is 13.4. The molecule has 9 heteroatoms. The summed E-state index contributed by atoms with van der Waals surface area (Å²) < 4.78 is 25.7. The molecular formula is C20H20F2N4O2S. The third-order valence-corrected chi connectivity index (χ3v) is 4.91. The molecule has 0 aromatic heterocycles. The van der Waals surface area contributed by atoms with Gasteiger partial charge in [-0.1, -0.05) is 24.3 Å². The van der Waals surface area contributed by atoms with E-state index in [4.69, 9.17) is 0 Å². The van der Waals surface area contributed by atoms with Gasteiger partial charge in [-0.2, -0.15) is 10.2 Å². The van der Waals surface area contributed by atoms with E-state index in [2.05, 4.69) is 21.1 Å². The molecule has 2 atom stereocenters. The maximum Gasteiger partial charge on any atom is 0.252 e. The number of carbonyl (C=O) groups excluding carboxylic acids is 2. The van der Waals surface area contributed by atoms with Gasteiger partial charge in [0.2, 0.25) is 0 Å². The van der Waals surface area contributed by atoms with Crippen LogP contribution in [0.5, 0.6) is 0 Å². The van der Waals surface area contributed by atoms with E-state index in [9.17, 15) is 18.4 Å². The lowest BCUT2D eigenvalue weighted by molar-refractivity contribution is -0.120. The lowest BCUT2D eigenvalue weighted by Gasteiger charge is -2.14. The maximum absolute atomic E-state index is 12.8. The predicted octanol–water partition coefficient (Wildman–Crippen LogP) is 3.08. The molecule has 0 fully saturated rings. The number of carbonyl (C=O) groups is 2. The molecule has 0 radical (unpaired) electrons. The van der Waals surface area contributed by atoms with Crippen molar-refractivity contribution in [3.8, 4) is 0 Å². The Labute approximate surface area is 171 Å². The topological polar surface area (TPSA) is 82.9 Å². The van der Waals surface area contributed by atoms with Crippen molar-refractivity contribution < 1.29 is 18.4 Å². The maximum atomic E-state index is 12.8. The van der Waals surface area contributed by atoms with E-state index >= 15 is 0 Å². The van der Waals surface area contributed by atoms with Gasteiger partial charge in [-0.15, -0.1) is 11.8 Å². The molecule has 0 spiro atoms. The van der Waals surface area contributed by atoms with E-state index in [0.29, 0.717) is 11.1 Å². The number of benzene rings is 2. The number of nitrogens with one attached hydrogen (secondary N) is 2. The van der Waals surface area contributed by atoms with E-state index < -0.39 is 10.5 Å². The number of thioether (sulfide) groups is 1. The molecule has 2 amide bonds. The highest BCUT2D eigenvalue weighted by atomic mass is 32.2. The smallest absolute Gasteiger partial charge is 0.252 e. The fraction of sp³-hybridized carbons (Fsp3) is 0.200. The summed E-state index contributed by atoms with van der Waals surface area (Å²) in [5.74, 6) is -1.46. The van der Waals surface area contributed by atoms with Crippen molar-refractivity contribution in [1.29, 1.82) is 0 Å². The molecule has 2 aromatic rings. The second kappa shape index (κ2) is 11.1. The van der Waals surface area contributed by atoms with Gasteiger partial charge in [0.1, 0.15) is 11.6 Å². The average Bonchev–Trinajstić information content (AvgIpc) is 2.70. The summed E-state index contributed by atoms with van der Waals surface area (Å²) in [6.45, 7) is 3.30. The van der Waals surface area contributed by atoms with E-state index in [0.717, 1.165) is 11.8 Å². The number of amides is 2. The fourth-order valence-electron chi connectivity index (χ4n) is 2.05. The zero-order valence-electron chi connectivity index (χ0n) is 15.8. The summed E-state index contributed by atoms with van der Waals surface area (Å²) in [4.78, 5) is 24.1. The monoisotopic (exact) mass is 418 g/mol. The standard InChI is InChI=1S/C20H20F2N4O2S/c1-13(19(27)25-23-11-15-3-7-17(21)8-4-15)29-14(2)20(28)26-24-12-16-5-9-18(22)10-6-16/h3-14H,1-2H3,(H,25,27)(H,26,28)/b23-11-,24-12-/t13-,14-/m0/s1. The molecule has 29 heavy (non-hydrogen) atoms. The van der Waals surface area contributed by atoms with Gasteiger partial charge >= 0.3 is 0 Å². The molecule has 0 saturated carbocycles. The summed E-state index contributed by atoms with van der Waals surface area (Å²) in [6.07, 6.45) is 2.80. The number of nitrogens with zero attached hydrogens (tertiary/aromatic N) is 2. The SMILES string of the molecule is C[C@H](S[C@@H](C)C(=O)N/N=C\c1ccc(F)cc1)C(=O)N/N=C\c1ccc(F)cc1. The van der Waals surface area contributed by atoms with Gasteiger partial charge in [-0.05, 0) is 49.2 Å². The van der Waals surface area contributed by atoms with Crippen molar-refractivity contribution in [2.75, 3.05) is 0 Å². The Kier molecular flexibility index (Phi) is 8.47. The number of hydrogen-bond acceptors (Lipinski definition) is 5. The predicted molar refractivity (Wildman–Crippen MR) is 111 cm³/mol. The Morgan fingerprint density at radius 3 is 1.48 bits per heavy atom. The second-order valence-electron chi connectivity index (χ2n) is 5.99. The number of rotatable bonds is 8. The first-order valence-electron chi connectivity index (χ1n) is 8.67. The molecule has 2 aromatic carbocycles. The zero-order chi connectivity index (χ0) is 21.2. The molecule has 0 saturated heterocycles. The van der Waals surface area contributed by atoms with Gasteiger partial charge in [-0.3, -0.25) is 9.59 Å². The van der Waals surface area contributed by atoms with Gasteiger partial charge in [-0.25, -0.2) is 19.6 Å². The van der Waals surface area contributed by atoms with Crippen molar-refractivity contribution in [2.45, 2.75) is 24.3 Å². The summed E-state index contributed by atoms with van der Waals surface area (Å²) >= 11 is 1.14. The third kappa shape index (κ3) is 7.82. The summed E-state index contributed by atoms with van der Waals surface area (Å²) in [6, 6.07) is 11.3. The second-order valence-corrected chi connectivity index (χ2v) is 7.68. The van der Waals surface area contributed by atoms with E-state index in [1.807, 2.05) is 0 Å². The molecule has 0 heterocycles. The summed E-state index contributed by atoms with van der Waals surface area (Å²) in [5.41, 5.74) is 6.04. The summed E-state index contributed by atoms with van der Waals surface area (Å²) in [5, 5.41) is 6.57. The van der Waals surface area contributed by atoms with Crippen molar-refractivity contribution in [3.63, 3.8) is 0 Å². The number of halogens is 2. The Balaban J connectivity index is 1.76. The van der Waals surface area contributed by atoms with Crippen molar-refractivity contribution in [3.05, 3.63) is 71.3 Å². The van der Waals surface area contributed by atoms with Crippen LogP contribution in [0.25, 0.3) is 0 Å². The van der Waals surface area contributed by atoms with Gasteiger partial charge in [0, 0.05) is 0 Å². The van der Waals surface area contributed by atoms with E-state index in [1.165, 1.54) is 61.0 Å². The molecular weight excluding hydrogens is 398 g/mol. The zero-order valence-corrected chi connectivity index (χ0v) is 16.6. The number of hydrogen-bond donors (Lipinski definition) is 2. The first kappa shape index (κ1) is 22.2. The van der Waals surface area contributed by atoms with Crippen LogP contribution < -0.4 is 10.9 Å². The van der Waals surface area contributed by atoms with Crippen LogP contribution in [0, 0.1) is 11.6 Å². The highest BCUT2D eigenvalue weighted by molar-refractivity contribution is 8.01. The van der Waals surface area contributed by atoms with Gasteiger partial charge in [0.15, 0.2) is 0 Å². The van der Waals surface area contributed by atoms with E-state index in [1.54, 1.807) is 13.8 Å². The molecule has 2 N–H and O–H groups in total. The Bertz CT molecular complexity index is 813. The molecule has 2 rings (SSSR count). The van der Waals surface area contributed by atoms with Gasteiger partial charge < -0.3 is 0 Å². The average molecular weight is 418 g/mol. The van der Waals surface area contributed by atoms with Crippen LogP contribution in [-0.2, 0) is 9.59 Å².